The van der Waals surface area contributed by atoms with Crippen LogP contribution in [0.2, 0.25) is 0 Å². The van der Waals surface area contributed by atoms with Crippen LogP contribution in [-0.2, 0) is 26.3 Å². The third-order valence-electron chi connectivity index (χ3n) is 4.79. The molecule has 1 unspecified atom stereocenters. The second-order valence-corrected chi connectivity index (χ2v) is 7.67. The first-order chi connectivity index (χ1) is 10.7. The van der Waals surface area contributed by atoms with Crippen molar-refractivity contribution in [1.29, 1.82) is 0 Å². The number of aliphatic hydroxyl groups excluding tert-OH is 1. The molecule has 0 saturated heterocycles. The minimum atomic E-state index is 0.266. The first-order valence-corrected chi connectivity index (χ1v) is 8.79. The van der Waals surface area contributed by atoms with E-state index in [2.05, 4.69) is 48.9 Å². The summed E-state index contributed by atoms with van der Waals surface area (Å²) in [7, 11) is 2.18. The van der Waals surface area contributed by atoms with Gasteiger partial charge in [0.1, 0.15) is 0 Å². The first kappa shape index (κ1) is 14.0. The van der Waals surface area contributed by atoms with Gasteiger partial charge < -0.3 is 9.67 Å². The Morgan fingerprint density at radius 1 is 1.27 bits per heavy atom. The Labute approximate surface area is 135 Å². The number of hydrogen-bond acceptors (Lipinski definition) is 2. The topological polar surface area (TPSA) is 25.2 Å². The fourth-order valence-corrected chi connectivity index (χ4v) is 5.02. The maximum Gasteiger partial charge on any atom is 0.0532 e. The van der Waals surface area contributed by atoms with Crippen molar-refractivity contribution in [3.63, 3.8) is 0 Å². The van der Waals surface area contributed by atoms with E-state index in [0.29, 0.717) is 5.92 Å². The fraction of sp³-hybridized carbons (Fsp3) is 0.368. The van der Waals surface area contributed by atoms with Crippen molar-refractivity contribution in [2.24, 2.45) is 13.0 Å². The van der Waals surface area contributed by atoms with Gasteiger partial charge in [-0.3, -0.25) is 0 Å². The van der Waals surface area contributed by atoms with Crippen LogP contribution >= 0.6 is 11.3 Å². The second kappa shape index (κ2) is 5.25. The van der Waals surface area contributed by atoms with Gasteiger partial charge in [0.2, 0.25) is 0 Å². The Bertz CT molecular complexity index is 843. The molecule has 1 aliphatic carbocycles. The highest BCUT2D eigenvalue weighted by Gasteiger charge is 2.25. The fourth-order valence-electron chi connectivity index (χ4n) is 3.69. The van der Waals surface area contributed by atoms with E-state index in [0.717, 1.165) is 19.3 Å². The van der Waals surface area contributed by atoms with Crippen LogP contribution in [0.15, 0.2) is 30.3 Å². The van der Waals surface area contributed by atoms with Crippen LogP contribution in [0.5, 0.6) is 0 Å². The molecule has 1 aliphatic rings. The molecule has 2 aromatic heterocycles. The molecule has 0 fully saturated rings. The summed E-state index contributed by atoms with van der Waals surface area (Å²) in [4.78, 5) is 2.92. The van der Waals surface area contributed by atoms with Gasteiger partial charge >= 0.3 is 0 Å². The van der Waals surface area contributed by atoms with Crippen molar-refractivity contribution in [2.75, 3.05) is 6.61 Å². The summed E-state index contributed by atoms with van der Waals surface area (Å²) in [5.41, 5.74) is 5.66. The van der Waals surface area contributed by atoms with E-state index in [9.17, 15) is 5.11 Å². The van der Waals surface area contributed by atoms with Gasteiger partial charge in [0.05, 0.1) is 5.69 Å². The highest BCUT2D eigenvalue weighted by Crippen LogP contribution is 2.43. The number of aryl methyl sites for hydroxylation is 3. The lowest BCUT2D eigenvalue weighted by Crippen LogP contribution is -2.03. The van der Waals surface area contributed by atoms with E-state index < -0.39 is 0 Å². The largest absolute Gasteiger partial charge is 0.396 e. The van der Waals surface area contributed by atoms with E-state index in [1.165, 1.54) is 37.5 Å². The van der Waals surface area contributed by atoms with Gasteiger partial charge in [0.15, 0.2) is 0 Å². The lowest BCUT2D eigenvalue weighted by Gasteiger charge is -2.14. The van der Waals surface area contributed by atoms with Crippen LogP contribution in [0.25, 0.3) is 22.2 Å². The van der Waals surface area contributed by atoms with E-state index in [4.69, 9.17) is 0 Å². The standard InChI is InChI=1S/C19H21NOS/c1-12(11-21)9-13-10-16-18(22-13)8-7-15-14-5-3-4-6-17(14)20(2)19(15)16/h3-6,10,12,21H,7-9,11H2,1-2H3. The number of fused-ring (bicyclic) bond motifs is 5. The summed E-state index contributed by atoms with van der Waals surface area (Å²) >= 11 is 1.94. The van der Waals surface area contributed by atoms with Gasteiger partial charge in [0, 0.05) is 39.9 Å². The highest BCUT2D eigenvalue weighted by molar-refractivity contribution is 7.12. The molecule has 0 spiro atoms. The lowest BCUT2D eigenvalue weighted by molar-refractivity contribution is 0.237. The van der Waals surface area contributed by atoms with Crippen LogP contribution in [0.3, 0.4) is 0 Å². The minimum absolute atomic E-state index is 0.266. The van der Waals surface area contributed by atoms with Gasteiger partial charge in [-0.05, 0) is 42.9 Å². The average Bonchev–Trinajstić information content (AvgIpc) is 3.06. The third kappa shape index (κ3) is 2.03. The average molecular weight is 311 g/mol. The quantitative estimate of drug-likeness (QED) is 0.771. The zero-order valence-corrected chi connectivity index (χ0v) is 13.9. The zero-order valence-electron chi connectivity index (χ0n) is 13.1. The number of rotatable bonds is 3. The molecule has 114 valence electrons. The number of para-hydroxylation sites is 1. The SMILES string of the molecule is CC(CO)Cc1cc2c(s1)CCc1c-2n(C)c2ccccc12. The molecule has 2 nitrogen and oxygen atoms in total. The van der Waals surface area contributed by atoms with Crippen molar-refractivity contribution in [3.8, 4) is 11.3 Å². The number of nitrogens with zero attached hydrogens (tertiary/aromatic N) is 1. The van der Waals surface area contributed by atoms with E-state index in [1.54, 1.807) is 0 Å². The Hall–Kier alpha value is -1.58. The molecule has 1 aromatic carbocycles. The van der Waals surface area contributed by atoms with Gasteiger partial charge in [-0.25, -0.2) is 0 Å². The molecule has 22 heavy (non-hydrogen) atoms. The first-order valence-electron chi connectivity index (χ1n) is 7.98. The summed E-state index contributed by atoms with van der Waals surface area (Å²) in [6.07, 6.45) is 3.27. The molecule has 0 radical (unpaired) electrons. The highest BCUT2D eigenvalue weighted by atomic mass is 32.1. The molecule has 0 amide bonds. The molecule has 0 bridgehead atoms. The molecular weight excluding hydrogens is 290 g/mol. The molecule has 3 aromatic rings. The summed E-state index contributed by atoms with van der Waals surface area (Å²) in [6.45, 7) is 2.38. The summed E-state index contributed by atoms with van der Waals surface area (Å²) in [5, 5.41) is 10.7. The third-order valence-corrected chi connectivity index (χ3v) is 6.01. The van der Waals surface area contributed by atoms with Crippen LogP contribution in [0, 0.1) is 5.92 Å². The van der Waals surface area contributed by atoms with Crippen molar-refractivity contribution in [2.45, 2.75) is 26.2 Å². The minimum Gasteiger partial charge on any atom is -0.396 e. The molecule has 1 N–H and O–H groups in total. The molecule has 2 heterocycles. The van der Waals surface area contributed by atoms with E-state index in [1.807, 2.05) is 11.3 Å². The maximum absolute atomic E-state index is 9.30. The number of aromatic nitrogens is 1. The second-order valence-electron chi connectivity index (χ2n) is 6.44. The van der Waals surface area contributed by atoms with Gasteiger partial charge in [-0.15, -0.1) is 11.3 Å². The number of hydrogen-bond donors (Lipinski definition) is 1. The molecule has 3 heteroatoms. The van der Waals surface area contributed by atoms with Crippen LogP contribution in [0.4, 0.5) is 0 Å². The zero-order chi connectivity index (χ0) is 15.3. The van der Waals surface area contributed by atoms with Crippen LogP contribution in [0.1, 0.15) is 22.2 Å². The summed E-state index contributed by atoms with van der Waals surface area (Å²) < 4.78 is 2.36. The smallest absolute Gasteiger partial charge is 0.0532 e. The summed E-state index contributed by atoms with van der Waals surface area (Å²) in [6, 6.07) is 11.1. The molecule has 1 atom stereocenters. The van der Waals surface area contributed by atoms with Crippen LogP contribution in [-0.4, -0.2) is 16.3 Å². The van der Waals surface area contributed by atoms with Crippen molar-refractivity contribution < 1.29 is 5.11 Å². The van der Waals surface area contributed by atoms with E-state index >= 15 is 0 Å². The van der Waals surface area contributed by atoms with Crippen molar-refractivity contribution >= 4 is 22.2 Å². The van der Waals surface area contributed by atoms with Gasteiger partial charge in [-0.1, -0.05) is 25.1 Å². The Balaban J connectivity index is 1.87. The van der Waals surface area contributed by atoms with Crippen LogP contribution < -0.4 is 0 Å². The molecule has 4 rings (SSSR count). The Morgan fingerprint density at radius 3 is 2.91 bits per heavy atom. The molecule has 0 aliphatic heterocycles. The Morgan fingerprint density at radius 2 is 2.09 bits per heavy atom. The number of thiophene rings is 1. The van der Waals surface area contributed by atoms with E-state index in [-0.39, 0.29) is 6.61 Å². The molecule has 0 saturated carbocycles. The van der Waals surface area contributed by atoms with Crippen molar-refractivity contribution in [3.05, 3.63) is 45.6 Å². The summed E-state index contributed by atoms with van der Waals surface area (Å²) in [5.74, 6) is 0.340. The maximum atomic E-state index is 9.30. The Kier molecular flexibility index (Phi) is 3.35. The lowest BCUT2D eigenvalue weighted by atomic mass is 9.94. The monoisotopic (exact) mass is 311 g/mol. The van der Waals surface area contributed by atoms with Crippen molar-refractivity contribution in [1.82, 2.24) is 4.57 Å². The van der Waals surface area contributed by atoms with Gasteiger partial charge in [0.25, 0.3) is 0 Å². The van der Waals surface area contributed by atoms with Gasteiger partial charge in [-0.2, -0.15) is 0 Å². The number of benzene rings is 1. The molecular formula is C19H21NOS. The number of aliphatic hydroxyl groups is 1. The normalized spacial score (nSPS) is 14.9. The predicted molar refractivity (Wildman–Crippen MR) is 93.6 cm³/mol. The predicted octanol–water partition coefficient (Wildman–Crippen LogP) is 4.18.